The molecule has 3 rings (SSSR count). The summed E-state index contributed by atoms with van der Waals surface area (Å²) in [4.78, 5) is 13.6. The van der Waals surface area contributed by atoms with Crippen LogP contribution >= 0.6 is 0 Å². The van der Waals surface area contributed by atoms with Crippen molar-refractivity contribution in [1.82, 2.24) is 10.1 Å². The Labute approximate surface area is 115 Å². The van der Waals surface area contributed by atoms with Crippen molar-refractivity contribution in [3.8, 4) is 11.5 Å². The highest BCUT2D eigenvalue weighted by atomic mass is 16.6. The van der Waals surface area contributed by atoms with E-state index in [4.69, 9.17) is 9.47 Å². The van der Waals surface area contributed by atoms with Crippen LogP contribution in [0.3, 0.4) is 0 Å². The fraction of sp³-hybridized carbons (Fsp3) is 0.286. The van der Waals surface area contributed by atoms with Crippen molar-refractivity contribution in [3.63, 3.8) is 0 Å². The Balaban J connectivity index is 1.63. The number of para-hydroxylation sites is 2. The third-order valence-electron chi connectivity index (χ3n) is 3.05. The molecule has 2 aromatic rings. The maximum atomic E-state index is 12.0. The third kappa shape index (κ3) is 2.45. The molecular weight excluding hydrogens is 260 g/mol. The van der Waals surface area contributed by atoms with Gasteiger partial charge in [-0.25, -0.2) is 0 Å². The second-order valence-corrected chi connectivity index (χ2v) is 4.57. The van der Waals surface area contributed by atoms with Gasteiger partial charge in [0.25, 0.3) is 5.91 Å². The number of benzene rings is 1. The quantitative estimate of drug-likeness (QED) is 0.850. The molecule has 6 heteroatoms. The lowest BCUT2D eigenvalue weighted by molar-refractivity contribution is 0.0515. The Morgan fingerprint density at radius 1 is 1.35 bits per heavy atom. The summed E-state index contributed by atoms with van der Waals surface area (Å²) in [6.07, 6.45) is 1.17. The van der Waals surface area contributed by atoms with Crippen LogP contribution in [0.4, 0.5) is 0 Å². The zero-order valence-electron chi connectivity index (χ0n) is 11.0. The van der Waals surface area contributed by atoms with Gasteiger partial charge in [0.1, 0.15) is 12.9 Å². The number of likely N-dealkylation sites (N-methyl/N-ethyl adjacent to an activating group) is 1. The van der Waals surface area contributed by atoms with E-state index in [1.54, 1.807) is 11.9 Å². The number of carbonyl (C=O) groups is 1. The highest BCUT2D eigenvalue weighted by Crippen LogP contribution is 2.30. The highest BCUT2D eigenvalue weighted by molar-refractivity contribution is 5.91. The Hall–Kier alpha value is -2.50. The van der Waals surface area contributed by atoms with Crippen molar-refractivity contribution >= 4 is 5.91 Å². The van der Waals surface area contributed by atoms with Crippen LogP contribution in [0.25, 0.3) is 0 Å². The van der Waals surface area contributed by atoms with E-state index in [2.05, 4.69) is 9.68 Å². The lowest BCUT2D eigenvalue weighted by Crippen LogP contribution is -2.41. The molecular formula is C14H14N2O4. The Kier molecular flexibility index (Phi) is 3.28. The number of nitrogens with zero attached hydrogens (tertiary/aromatic N) is 2. The zero-order chi connectivity index (χ0) is 13.9. The summed E-state index contributed by atoms with van der Waals surface area (Å²) < 4.78 is 16.1. The van der Waals surface area contributed by atoms with E-state index < -0.39 is 0 Å². The molecule has 0 radical (unpaired) electrons. The monoisotopic (exact) mass is 274 g/mol. The molecule has 6 nitrogen and oxygen atoms in total. The van der Waals surface area contributed by atoms with Gasteiger partial charge in [-0.15, -0.1) is 0 Å². The zero-order valence-corrected chi connectivity index (χ0v) is 11.0. The molecule has 1 aromatic carbocycles. The minimum Gasteiger partial charge on any atom is -0.486 e. The predicted octanol–water partition coefficient (Wildman–Crippen LogP) is 1.59. The fourth-order valence-corrected chi connectivity index (χ4v) is 2.06. The average Bonchev–Trinajstić information content (AvgIpc) is 3.00. The number of hydrogen-bond donors (Lipinski definition) is 0. The standard InChI is InChI=1S/C14H14N2O4/c1-16(14(17)11-6-7-19-15-11)8-10-9-18-12-4-2-3-5-13(12)20-10/h2-7,10H,8-9H2,1H3. The summed E-state index contributed by atoms with van der Waals surface area (Å²) in [5.74, 6) is 1.22. The van der Waals surface area contributed by atoms with Gasteiger partial charge in [0, 0.05) is 13.1 Å². The van der Waals surface area contributed by atoms with Crippen LogP contribution in [0.1, 0.15) is 10.5 Å². The van der Waals surface area contributed by atoms with E-state index in [-0.39, 0.29) is 17.7 Å². The first-order valence-corrected chi connectivity index (χ1v) is 6.28. The Morgan fingerprint density at radius 3 is 2.90 bits per heavy atom. The molecule has 0 fully saturated rings. The smallest absolute Gasteiger partial charge is 0.275 e. The van der Waals surface area contributed by atoms with E-state index in [1.807, 2.05) is 24.3 Å². The molecule has 0 bridgehead atoms. The fourth-order valence-electron chi connectivity index (χ4n) is 2.06. The molecule has 0 aliphatic carbocycles. The van der Waals surface area contributed by atoms with Gasteiger partial charge >= 0.3 is 0 Å². The van der Waals surface area contributed by atoms with Crippen LogP contribution in [0.5, 0.6) is 11.5 Å². The summed E-state index contributed by atoms with van der Waals surface area (Å²) in [6, 6.07) is 9.01. The number of aromatic nitrogens is 1. The number of hydrogen-bond acceptors (Lipinski definition) is 5. The van der Waals surface area contributed by atoms with Gasteiger partial charge in [0.2, 0.25) is 0 Å². The lowest BCUT2D eigenvalue weighted by Gasteiger charge is -2.29. The van der Waals surface area contributed by atoms with Gasteiger partial charge in [-0.1, -0.05) is 17.3 Å². The minimum absolute atomic E-state index is 0.203. The van der Waals surface area contributed by atoms with Crippen molar-refractivity contribution in [2.24, 2.45) is 0 Å². The van der Waals surface area contributed by atoms with Crippen molar-refractivity contribution in [2.75, 3.05) is 20.2 Å². The maximum absolute atomic E-state index is 12.0. The lowest BCUT2D eigenvalue weighted by atomic mass is 10.2. The molecule has 0 N–H and O–H groups in total. The molecule has 0 saturated heterocycles. The highest BCUT2D eigenvalue weighted by Gasteiger charge is 2.24. The molecule has 104 valence electrons. The summed E-state index contributed by atoms with van der Waals surface area (Å²) >= 11 is 0. The molecule has 1 aromatic heterocycles. The minimum atomic E-state index is -0.207. The molecule has 1 aliphatic rings. The Bertz CT molecular complexity index is 597. The first-order valence-electron chi connectivity index (χ1n) is 6.28. The molecule has 1 amide bonds. The van der Waals surface area contributed by atoms with Gasteiger partial charge < -0.3 is 18.9 Å². The number of ether oxygens (including phenoxy) is 2. The maximum Gasteiger partial charge on any atom is 0.275 e. The van der Waals surface area contributed by atoms with Crippen molar-refractivity contribution < 1.29 is 18.8 Å². The first kappa shape index (κ1) is 12.5. The van der Waals surface area contributed by atoms with Gasteiger partial charge in [0.05, 0.1) is 6.54 Å². The molecule has 1 atom stereocenters. The van der Waals surface area contributed by atoms with E-state index in [0.717, 1.165) is 5.75 Å². The summed E-state index contributed by atoms with van der Waals surface area (Å²) in [6.45, 7) is 0.827. The van der Waals surface area contributed by atoms with Gasteiger partial charge in [-0.3, -0.25) is 4.79 Å². The van der Waals surface area contributed by atoms with Crippen molar-refractivity contribution in [1.29, 1.82) is 0 Å². The largest absolute Gasteiger partial charge is 0.486 e. The predicted molar refractivity (Wildman–Crippen MR) is 69.8 cm³/mol. The van der Waals surface area contributed by atoms with Crippen LogP contribution < -0.4 is 9.47 Å². The third-order valence-corrected chi connectivity index (χ3v) is 3.05. The van der Waals surface area contributed by atoms with E-state index >= 15 is 0 Å². The molecule has 1 aliphatic heterocycles. The first-order chi connectivity index (χ1) is 9.74. The average molecular weight is 274 g/mol. The van der Waals surface area contributed by atoms with Crippen LogP contribution in [-0.2, 0) is 0 Å². The summed E-state index contributed by atoms with van der Waals surface area (Å²) in [5.41, 5.74) is 0.282. The van der Waals surface area contributed by atoms with Crippen LogP contribution in [0.15, 0.2) is 41.1 Å². The van der Waals surface area contributed by atoms with Crippen LogP contribution in [-0.4, -0.2) is 42.3 Å². The van der Waals surface area contributed by atoms with Crippen molar-refractivity contribution in [2.45, 2.75) is 6.10 Å². The second-order valence-electron chi connectivity index (χ2n) is 4.57. The number of rotatable bonds is 3. The number of carbonyl (C=O) groups excluding carboxylic acids is 1. The van der Waals surface area contributed by atoms with E-state index in [1.165, 1.54) is 12.3 Å². The SMILES string of the molecule is CN(CC1COc2ccccc2O1)C(=O)c1ccon1. The normalized spacial score (nSPS) is 16.8. The summed E-state index contributed by atoms with van der Waals surface area (Å²) in [7, 11) is 1.70. The van der Waals surface area contributed by atoms with Crippen LogP contribution in [0.2, 0.25) is 0 Å². The molecule has 1 unspecified atom stereocenters. The van der Waals surface area contributed by atoms with Gasteiger partial charge in [-0.2, -0.15) is 0 Å². The van der Waals surface area contributed by atoms with E-state index in [9.17, 15) is 4.79 Å². The summed E-state index contributed by atoms with van der Waals surface area (Å²) in [5, 5.41) is 3.63. The van der Waals surface area contributed by atoms with Gasteiger partial charge in [0.15, 0.2) is 23.3 Å². The van der Waals surface area contributed by atoms with Gasteiger partial charge in [-0.05, 0) is 12.1 Å². The van der Waals surface area contributed by atoms with Crippen LogP contribution in [0, 0.1) is 0 Å². The Morgan fingerprint density at radius 2 is 2.15 bits per heavy atom. The molecule has 2 heterocycles. The number of fused-ring (bicyclic) bond motifs is 1. The molecule has 0 spiro atoms. The molecule has 20 heavy (non-hydrogen) atoms. The second kappa shape index (κ2) is 5.24. The van der Waals surface area contributed by atoms with E-state index in [0.29, 0.717) is 18.9 Å². The van der Waals surface area contributed by atoms with Crippen molar-refractivity contribution in [3.05, 3.63) is 42.3 Å². The molecule has 0 saturated carbocycles. The number of amides is 1. The topological polar surface area (TPSA) is 64.8 Å².